The smallest absolute Gasteiger partial charge is 0.253 e. The van der Waals surface area contributed by atoms with Crippen LogP contribution in [0.4, 0.5) is 11.4 Å². The van der Waals surface area contributed by atoms with E-state index in [1.54, 1.807) is 0 Å². The van der Waals surface area contributed by atoms with Gasteiger partial charge in [0.1, 0.15) is 0 Å². The predicted octanol–water partition coefficient (Wildman–Crippen LogP) is 2.59. The maximum Gasteiger partial charge on any atom is 0.253 e. The molecule has 2 N–H and O–H groups in total. The van der Waals surface area contributed by atoms with Crippen LogP contribution in [0.3, 0.4) is 0 Å². The molecule has 0 spiro atoms. The second-order valence-corrected chi connectivity index (χ2v) is 4.81. The molecule has 0 radical (unpaired) electrons. The Kier molecular flexibility index (Phi) is 5.21. The summed E-state index contributed by atoms with van der Waals surface area (Å²) < 4.78 is 0. The molecule has 1 amide bonds. The number of nitrogens with one attached hydrogen (secondary N) is 2. The summed E-state index contributed by atoms with van der Waals surface area (Å²) in [7, 11) is 3.83. The van der Waals surface area contributed by atoms with Gasteiger partial charge in [-0.25, -0.2) is 0 Å². The highest BCUT2D eigenvalue weighted by Crippen LogP contribution is 2.14. The van der Waals surface area contributed by atoms with E-state index < -0.39 is 0 Å². The van der Waals surface area contributed by atoms with E-state index in [4.69, 9.17) is 0 Å². The zero-order valence-corrected chi connectivity index (χ0v) is 12.5. The zero-order valence-electron chi connectivity index (χ0n) is 12.5. The van der Waals surface area contributed by atoms with Gasteiger partial charge in [-0.05, 0) is 24.3 Å². The Balaban J connectivity index is 1.87. The third kappa shape index (κ3) is 3.99. The molecule has 0 bridgehead atoms. The van der Waals surface area contributed by atoms with Crippen molar-refractivity contribution in [1.82, 2.24) is 5.32 Å². The molecule has 0 saturated heterocycles. The lowest BCUT2D eigenvalue weighted by Gasteiger charge is -2.19. The number of hydrogen-bond donors (Lipinski definition) is 2. The topological polar surface area (TPSA) is 44.4 Å². The lowest BCUT2D eigenvalue weighted by molar-refractivity contribution is 0.0955. The molecule has 110 valence electrons. The standard InChI is InChI=1S/C17H21N3O/c1-18-16-11-7-6-10-15(16)17(21)19-12-13-20(2)14-8-4-3-5-9-14/h3-11,18H,12-13H2,1-2H3,(H,19,21). The molecule has 0 aliphatic carbocycles. The van der Waals surface area contributed by atoms with Gasteiger partial charge in [-0.2, -0.15) is 0 Å². The van der Waals surface area contributed by atoms with Gasteiger partial charge in [0.05, 0.1) is 5.56 Å². The molecule has 0 aromatic heterocycles. The molecule has 0 aliphatic heterocycles. The molecule has 21 heavy (non-hydrogen) atoms. The van der Waals surface area contributed by atoms with Crippen LogP contribution >= 0.6 is 0 Å². The lowest BCUT2D eigenvalue weighted by atomic mass is 10.1. The monoisotopic (exact) mass is 283 g/mol. The van der Waals surface area contributed by atoms with Crippen molar-refractivity contribution in [3.05, 3.63) is 60.2 Å². The number of benzene rings is 2. The van der Waals surface area contributed by atoms with Crippen LogP contribution in [0.25, 0.3) is 0 Å². The molecule has 2 aromatic rings. The highest BCUT2D eigenvalue weighted by molar-refractivity contribution is 5.99. The third-order valence-electron chi connectivity index (χ3n) is 3.37. The fraction of sp³-hybridized carbons (Fsp3) is 0.235. The van der Waals surface area contributed by atoms with E-state index in [1.807, 2.05) is 56.6 Å². The number of carbonyl (C=O) groups excluding carboxylic acids is 1. The summed E-state index contributed by atoms with van der Waals surface area (Å²) in [4.78, 5) is 14.3. The third-order valence-corrected chi connectivity index (χ3v) is 3.37. The molecular weight excluding hydrogens is 262 g/mol. The largest absolute Gasteiger partial charge is 0.387 e. The zero-order chi connectivity index (χ0) is 15.1. The van der Waals surface area contributed by atoms with E-state index in [-0.39, 0.29) is 5.91 Å². The first kappa shape index (κ1) is 14.9. The fourth-order valence-corrected chi connectivity index (χ4v) is 2.14. The van der Waals surface area contributed by atoms with Crippen molar-refractivity contribution in [3.63, 3.8) is 0 Å². The second kappa shape index (κ2) is 7.33. The van der Waals surface area contributed by atoms with E-state index in [2.05, 4.69) is 27.7 Å². The van der Waals surface area contributed by atoms with Gasteiger partial charge < -0.3 is 15.5 Å². The van der Waals surface area contributed by atoms with E-state index in [0.29, 0.717) is 12.1 Å². The van der Waals surface area contributed by atoms with Gasteiger partial charge in [0.2, 0.25) is 0 Å². The van der Waals surface area contributed by atoms with Gasteiger partial charge in [-0.1, -0.05) is 30.3 Å². The Bertz CT molecular complexity index is 584. The highest BCUT2D eigenvalue weighted by atomic mass is 16.1. The maximum absolute atomic E-state index is 12.2. The molecule has 0 fully saturated rings. The summed E-state index contributed by atoms with van der Waals surface area (Å²) in [5.41, 5.74) is 2.65. The van der Waals surface area contributed by atoms with Gasteiger partial charge in [0, 0.05) is 38.6 Å². The Morgan fingerprint density at radius 2 is 1.71 bits per heavy atom. The van der Waals surface area contributed by atoms with Crippen LogP contribution in [0.2, 0.25) is 0 Å². The molecular formula is C17H21N3O. The van der Waals surface area contributed by atoms with Crippen molar-refractivity contribution in [2.24, 2.45) is 0 Å². The number of nitrogens with zero attached hydrogens (tertiary/aromatic N) is 1. The average molecular weight is 283 g/mol. The minimum atomic E-state index is -0.0542. The molecule has 4 heteroatoms. The summed E-state index contributed by atoms with van der Waals surface area (Å²) >= 11 is 0. The molecule has 2 rings (SSSR count). The minimum absolute atomic E-state index is 0.0542. The molecule has 4 nitrogen and oxygen atoms in total. The van der Waals surface area contributed by atoms with Gasteiger partial charge >= 0.3 is 0 Å². The van der Waals surface area contributed by atoms with Crippen molar-refractivity contribution in [2.75, 3.05) is 37.4 Å². The number of para-hydroxylation sites is 2. The van der Waals surface area contributed by atoms with Crippen LogP contribution in [0, 0.1) is 0 Å². The van der Waals surface area contributed by atoms with E-state index in [0.717, 1.165) is 17.9 Å². The van der Waals surface area contributed by atoms with Crippen LogP contribution < -0.4 is 15.5 Å². The van der Waals surface area contributed by atoms with Crippen LogP contribution in [0.1, 0.15) is 10.4 Å². The summed E-state index contributed by atoms with van der Waals surface area (Å²) in [5, 5.41) is 5.98. The van der Waals surface area contributed by atoms with E-state index in [9.17, 15) is 4.79 Å². The molecule has 0 atom stereocenters. The Morgan fingerprint density at radius 3 is 2.43 bits per heavy atom. The fourth-order valence-electron chi connectivity index (χ4n) is 2.14. The van der Waals surface area contributed by atoms with Gasteiger partial charge in [0.25, 0.3) is 5.91 Å². The van der Waals surface area contributed by atoms with Crippen molar-refractivity contribution in [3.8, 4) is 0 Å². The van der Waals surface area contributed by atoms with Crippen molar-refractivity contribution in [1.29, 1.82) is 0 Å². The van der Waals surface area contributed by atoms with Crippen molar-refractivity contribution in [2.45, 2.75) is 0 Å². The number of carbonyl (C=O) groups is 1. The van der Waals surface area contributed by atoms with Gasteiger partial charge in [-0.3, -0.25) is 4.79 Å². The lowest BCUT2D eigenvalue weighted by Crippen LogP contribution is -2.33. The Labute approximate surface area is 125 Å². The normalized spacial score (nSPS) is 10.0. The number of amides is 1. The van der Waals surface area contributed by atoms with Crippen LogP contribution in [0.15, 0.2) is 54.6 Å². The van der Waals surface area contributed by atoms with Crippen molar-refractivity contribution >= 4 is 17.3 Å². The van der Waals surface area contributed by atoms with Crippen LogP contribution in [0.5, 0.6) is 0 Å². The first-order valence-corrected chi connectivity index (χ1v) is 7.03. The summed E-state index contributed by atoms with van der Waals surface area (Å²) in [6.45, 7) is 1.36. The number of hydrogen-bond acceptors (Lipinski definition) is 3. The maximum atomic E-state index is 12.2. The van der Waals surface area contributed by atoms with Gasteiger partial charge in [-0.15, -0.1) is 0 Å². The number of anilines is 2. The summed E-state index contributed by atoms with van der Waals surface area (Å²) in [6, 6.07) is 17.6. The minimum Gasteiger partial charge on any atom is -0.387 e. The highest BCUT2D eigenvalue weighted by Gasteiger charge is 2.09. The molecule has 0 aliphatic rings. The average Bonchev–Trinajstić information content (AvgIpc) is 2.55. The van der Waals surface area contributed by atoms with E-state index in [1.165, 1.54) is 0 Å². The molecule has 0 unspecified atom stereocenters. The van der Waals surface area contributed by atoms with Crippen molar-refractivity contribution < 1.29 is 4.79 Å². The first-order valence-electron chi connectivity index (χ1n) is 7.03. The molecule has 0 heterocycles. The number of rotatable bonds is 6. The Morgan fingerprint density at radius 1 is 1.05 bits per heavy atom. The quantitative estimate of drug-likeness (QED) is 0.856. The summed E-state index contributed by atoms with van der Waals surface area (Å²) in [5.74, 6) is -0.0542. The summed E-state index contributed by atoms with van der Waals surface area (Å²) in [6.07, 6.45) is 0. The molecule has 2 aromatic carbocycles. The molecule has 0 saturated carbocycles. The van der Waals surface area contributed by atoms with Gasteiger partial charge in [0.15, 0.2) is 0 Å². The number of likely N-dealkylation sites (N-methyl/N-ethyl adjacent to an activating group) is 1. The second-order valence-electron chi connectivity index (χ2n) is 4.81. The van der Waals surface area contributed by atoms with E-state index >= 15 is 0 Å². The van der Waals surface area contributed by atoms with Crippen LogP contribution in [-0.2, 0) is 0 Å². The SMILES string of the molecule is CNc1ccccc1C(=O)NCCN(C)c1ccccc1. The predicted molar refractivity (Wildman–Crippen MR) is 88.0 cm³/mol. The van der Waals surface area contributed by atoms with Crippen LogP contribution in [-0.4, -0.2) is 33.1 Å². The Hall–Kier alpha value is -2.49. The first-order chi connectivity index (χ1) is 10.2.